The number of carbonyl (C=O) groups is 1. The molecule has 4 rings (SSSR count). The molecule has 6 atom stereocenters. The van der Waals surface area contributed by atoms with Crippen LogP contribution in [0, 0.1) is 16.7 Å². The predicted molar refractivity (Wildman–Crippen MR) is 142 cm³/mol. The number of nitriles is 1. The molecule has 214 valence electrons. The lowest BCUT2D eigenvalue weighted by Gasteiger charge is -2.26. The number of imidazole rings is 1. The second kappa shape index (κ2) is 11.4. The Kier molecular flexibility index (Phi) is 8.29. The molecule has 0 saturated carbocycles. The SMILES string of the molecule is CC(C)OC(=O)C(C)NP(=O)(OCC1OC(n2cnc3c(N)nc(N)nc32)C(C)(C#N)C1O)Oc1ccccc1. The average molecular weight is 575 g/mol. The zero-order chi connectivity index (χ0) is 29.2. The van der Waals surface area contributed by atoms with Crippen molar-refractivity contribution in [2.75, 3.05) is 18.1 Å². The second-order valence-corrected chi connectivity index (χ2v) is 11.4. The summed E-state index contributed by atoms with van der Waals surface area (Å²) >= 11 is 0. The van der Waals surface area contributed by atoms with Gasteiger partial charge in [0, 0.05) is 0 Å². The van der Waals surface area contributed by atoms with Crippen LogP contribution >= 0.6 is 7.75 Å². The van der Waals surface area contributed by atoms with Gasteiger partial charge in [-0.2, -0.15) is 20.3 Å². The lowest BCUT2D eigenvalue weighted by atomic mass is 9.84. The van der Waals surface area contributed by atoms with Gasteiger partial charge in [-0.25, -0.2) is 9.55 Å². The number of nitrogens with zero attached hydrogens (tertiary/aromatic N) is 5. The van der Waals surface area contributed by atoms with Crippen LogP contribution in [0.15, 0.2) is 36.7 Å². The Labute approximate surface area is 230 Å². The van der Waals surface area contributed by atoms with Crippen molar-refractivity contribution in [1.29, 1.82) is 5.26 Å². The standard InChI is InChI=1S/C24H31N8O7P/c1-13(2)37-21(34)14(3)31-40(35,39-15-8-6-5-7-9-15)36-10-16-18(33)24(4,11-25)22(38-16)32-12-28-17-19(26)29-23(27)30-20(17)32/h5-9,12-14,16,18,22,33H,10H2,1-4H3,(H,31,35)(H4,26,27,29,30). The molecule has 0 radical (unpaired) electrons. The third-order valence-corrected chi connectivity index (χ3v) is 7.82. The van der Waals surface area contributed by atoms with E-state index in [9.17, 15) is 19.7 Å². The molecular formula is C24H31N8O7P. The number of para-hydroxylation sites is 1. The van der Waals surface area contributed by atoms with Gasteiger partial charge < -0.3 is 30.6 Å². The highest BCUT2D eigenvalue weighted by Gasteiger charge is 2.55. The molecule has 1 aromatic carbocycles. The van der Waals surface area contributed by atoms with Crippen LogP contribution < -0.4 is 21.1 Å². The molecule has 1 aliphatic rings. The number of esters is 1. The van der Waals surface area contributed by atoms with Crippen LogP contribution in [0.3, 0.4) is 0 Å². The number of carbonyl (C=O) groups excluding carboxylic acids is 1. The van der Waals surface area contributed by atoms with E-state index in [1.54, 1.807) is 44.2 Å². The highest BCUT2D eigenvalue weighted by Crippen LogP contribution is 2.49. The van der Waals surface area contributed by atoms with Crippen LogP contribution in [0.1, 0.15) is 33.9 Å². The van der Waals surface area contributed by atoms with Crippen LogP contribution in [-0.4, -0.2) is 61.6 Å². The van der Waals surface area contributed by atoms with Gasteiger partial charge >= 0.3 is 13.7 Å². The number of hydrogen-bond donors (Lipinski definition) is 4. The molecule has 3 heterocycles. The van der Waals surface area contributed by atoms with Gasteiger partial charge in [0.25, 0.3) is 0 Å². The Bertz CT molecular complexity index is 1460. The van der Waals surface area contributed by atoms with Gasteiger partial charge in [-0.3, -0.25) is 13.9 Å². The maximum Gasteiger partial charge on any atom is 0.459 e. The van der Waals surface area contributed by atoms with E-state index >= 15 is 0 Å². The first-order valence-corrected chi connectivity index (χ1v) is 13.9. The molecule has 16 heteroatoms. The lowest BCUT2D eigenvalue weighted by Crippen LogP contribution is -2.39. The number of nitrogen functional groups attached to an aromatic ring is 2. The van der Waals surface area contributed by atoms with Gasteiger partial charge in [-0.15, -0.1) is 0 Å². The number of rotatable bonds is 10. The summed E-state index contributed by atoms with van der Waals surface area (Å²) < 4.78 is 37.8. The molecule has 0 amide bonds. The fourth-order valence-electron chi connectivity index (χ4n) is 4.15. The minimum atomic E-state index is -4.25. The summed E-state index contributed by atoms with van der Waals surface area (Å²) in [5.74, 6) is -0.542. The number of nitrogens with one attached hydrogen (secondary N) is 1. The van der Waals surface area contributed by atoms with E-state index in [0.29, 0.717) is 0 Å². The summed E-state index contributed by atoms with van der Waals surface area (Å²) in [6, 6.07) is 9.21. The summed E-state index contributed by atoms with van der Waals surface area (Å²) in [6.45, 7) is 5.82. The zero-order valence-electron chi connectivity index (χ0n) is 22.3. The normalized spacial score (nSPS) is 24.9. The number of aliphatic hydroxyl groups excluding tert-OH is 1. The topological polar surface area (TPSA) is 223 Å². The van der Waals surface area contributed by atoms with E-state index < -0.39 is 56.3 Å². The Morgan fingerprint density at radius 1 is 1.30 bits per heavy atom. The highest BCUT2D eigenvalue weighted by atomic mass is 31.2. The maximum absolute atomic E-state index is 13.8. The van der Waals surface area contributed by atoms with Crippen molar-refractivity contribution < 1.29 is 33.0 Å². The molecule has 40 heavy (non-hydrogen) atoms. The zero-order valence-corrected chi connectivity index (χ0v) is 23.2. The summed E-state index contributed by atoms with van der Waals surface area (Å²) in [5, 5.41) is 23.8. The number of aromatic nitrogens is 4. The summed E-state index contributed by atoms with van der Waals surface area (Å²) in [6.07, 6.45) is -2.73. The smallest absolute Gasteiger partial charge is 0.459 e. The minimum absolute atomic E-state index is 0.0357. The Balaban J connectivity index is 1.59. The largest absolute Gasteiger partial charge is 0.462 e. The van der Waals surface area contributed by atoms with Gasteiger partial charge in [0.2, 0.25) is 5.95 Å². The molecule has 1 aliphatic heterocycles. The Morgan fingerprint density at radius 3 is 2.65 bits per heavy atom. The molecule has 0 spiro atoms. The predicted octanol–water partition coefficient (Wildman–Crippen LogP) is 1.91. The van der Waals surface area contributed by atoms with E-state index in [4.69, 9.17) is 30.0 Å². The van der Waals surface area contributed by atoms with E-state index in [2.05, 4.69) is 26.1 Å². The molecule has 6 unspecified atom stereocenters. The average Bonchev–Trinajstić information content (AvgIpc) is 3.42. The molecule has 15 nitrogen and oxygen atoms in total. The van der Waals surface area contributed by atoms with Crippen LogP contribution in [0.5, 0.6) is 5.75 Å². The minimum Gasteiger partial charge on any atom is -0.462 e. The van der Waals surface area contributed by atoms with Crippen LogP contribution in [-0.2, 0) is 23.4 Å². The first-order valence-electron chi connectivity index (χ1n) is 12.3. The summed E-state index contributed by atoms with van der Waals surface area (Å²) in [4.78, 5) is 24.6. The van der Waals surface area contributed by atoms with Crippen molar-refractivity contribution in [1.82, 2.24) is 24.6 Å². The Morgan fingerprint density at radius 2 is 2.00 bits per heavy atom. The van der Waals surface area contributed by atoms with Crippen LogP contribution in [0.2, 0.25) is 0 Å². The molecule has 0 bridgehead atoms. The number of aliphatic hydroxyl groups is 1. The van der Waals surface area contributed by atoms with Gasteiger partial charge in [-0.05, 0) is 39.8 Å². The van der Waals surface area contributed by atoms with Crippen molar-refractivity contribution in [2.45, 2.75) is 58.3 Å². The van der Waals surface area contributed by atoms with Gasteiger partial charge in [-0.1, -0.05) is 18.2 Å². The molecule has 1 fully saturated rings. The van der Waals surface area contributed by atoms with E-state index in [1.807, 2.05) is 0 Å². The number of benzene rings is 1. The van der Waals surface area contributed by atoms with E-state index in [0.717, 1.165) is 0 Å². The molecular weight excluding hydrogens is 543 g/mol. The second-order valence-electron chi connectivity index (χ2n) is 9.69. The van der Waals surface area contributed by atoms with Crippen LogP contribution in [0.4, 0.5) is 11.8 Å². The third-order valence-electron chi connectivity index (χ3n) is 6.18. The summed E-state index contributed by atoms with van der Waals surface area (Å²) in [5.41, 5.74) is 10.6. The third kappa shape index (κ3) is 5.86. The van der Waals surface area contributed by atoms with Crippen molar-refractivity contribution in [3.63, 3.8) is 0 Å². The number of ether oxygens (including phenoxy) is 2. The molecule has 6 N–H and O–H groups in total. The van der Waals surface area contributed by atoms with E-state index in [1.165, 1.54) is 24.7 Å². The quantitative estimate of drug-likeness (QED) is 0.201. The molecule has 3 aromatic rings. The van der Waals surface area contributed by atoms with E-state index in [-0.39, 0.29) is 28.7 Å². The van der Waals surface area contributed by atoms with Crippen molar-refractivity contribution in [3.8, 4) is 11.8 Å². The molecule has 2 aromatic heterocycles. The fourth-order valence-corrected chi connectivity index (χ4v) is 5.66. The maximum atomic E-state index is 13.8. The molecule has 1 saturated heterocycles. The van der Waals surface area contributed by atoms with Crippen molar-refractivity contribution in [3.05, 3.63) is 36.7 Å². The van der Waals surface area contributed by atoms with Gasteiger partial charge in [0.05, 0.1) is 25.1 Å². The summed E-state index contributed by atoms with van der Waals surface area (Å²) in [7, 11) is -4.25. The number of fused-ring (bicyclic) bond motifs is 1. The first-order chi connectivity index (χ1) is 18.9. The highest BCUT2D eigenvalue weighted by molar-refractivity contribution is 7.52. The lowest BCUT2D eigenvalue weighted by molar-refractivity contribution is -0.149. The molecule has 0 aliphatic carbocycles. The monoisotopic (exact) mass is 574 g/mol. The Hall–Kier alpha value is -3.80. The van der Waals surface area contributed by atoms with Crippen LogP contribution in [0.25, 0.3) is 11.2 Å². The number of nitrogens with two attached hydrogens (primary N) is 2. The van der Waals surface area contributed by atoms with Gasteiger partial charge in [0.1, 0.15) is 34.9 Å². The number of anilines is 2. The van der Waals surface area contributed by atoms with Crippen molar-refractivity contribution >= 4 is 36.6 Å². The first kappa shape index (κ1) is 29.2. The van der Waals surface area contributed by atoms with Crippen molar-refractivity contribution in [2.24, 2.45) is 5.41 Å². The number of hydrogen-bond acceptors (Lipinski definition) is 13. The fraction of sp³-hybridized carbons (Fsp3) is 0.458. The van der Waals surface area contributed by atoms with Gasteiger partial charge in [0.15, 0.2) is 17.7 Å².